The molecule has 0 amide bonds. The molecule has 0 spiro atoms. The Hall–Kier alpha value is -0.990. The molecule has 1 N–H and O–H groups in total. The van der Waals surface area contributed by atoms with E-state index in [9.17, 15) is 0 Å². The van der Waals surface area contributed by atoms with Crippen molar-refractivity contribution in [1.82, 2.24) is 5.32 Å². The van der Waals surface area contributed by atoms with Gasteiger partial charge in [-0.25, -0.2) is 0 Å². The first-order chi connectivity index (χ1) is 10.2. The van der Waals surface area contributed by atoms with Crippen LogP contribution in [0.15, 0.2) is 29.8 Å². The fourth-order valence-corrected chi connectivity index (χ4v) is 3.12. The van der Waals surface area contributed by atoms with Crippen molar-refractivity contribution in [2.24, 2.45) is 0 Å². The molecule has 0 bridgehead atoms. The summed E-state index contributed by atoms with van der Waals surface area (Å²) in [5.74, 6) is 0.921. The second-order valence-corrected chi connectivity index (χ2v) is 6.14. The van der Waals surface area contributed by atoms with Gasteiger partial charge in [-0.05, 0) is 63.3 Å². The lowest BCUT2D eigenvalue weighted by Gasteiger charge is -2.24. The minimum absolute atomic E-state index is 0.281. The van der Waals surface area contributed by atoms with Crippen molar-refractivity contribution in [2.45, 2.75) is 51.5 Å². The van der Waals surface area contributed by atoms with Gasteiger partial charge in [0.15, 0.2) is 0 Å². The molecule has 0 aromatic heterocycles. The predicted octanol–water partition coefficient (Wildman–Crippen LogP) is 5.28. The van der Waals surface area contributed by atoms with E-state index in [0.29, 0.717) is 0 Å². The summed E-state index contributed by atoms with van der Waals surface area (Å²) in [5, 5.41) is 4.43. The summed E-state index contributed by atoms with van der Waals surface area (Å²) < 4.78 is 5.53. The second kappa shape index (κ2) is 8.45. The van der Waals surface area contributed by atoms with E-state index in [4.69, 9.17) is 16.3 Å². The molecule has 1 aromatic rings. The van der Waals surface area contributed by atoms with E-state index in [1.54, 1.807) is 12.7 Å². The Balaban J connectivity index is 2.21. The minimum atomic E-state index is 0.281. The van der Waals surface area contributed by atoms with Gasteiger partial charge in [0.25, 0.3) is 0 Å². The normalized spacial score (nSPS) is 16.4. The van der Waals surface area contributed by atoms with E-state index in [2.05, 4.69) is 18.3 Å². The number of rotatable bonds is 7. The van der Waals surface area contributed by atoms with Crippen molar-refractivity contribution in [2.75, 3.05) is 13.7 Å². The van der Waals surface area contributed by atoms with Gasteiger partial charge >= 0.3 is 0 Å². The summed E-state index contributed by atoms with van der Waals surface area (Å²) in [5.41, 5.74) is 2.74. The summed E-state index contributed by atoms with van der Waals surface area (Å²) in [6, 6.07) is 6.17. The molecule has 1 aromatic carbocycles. The van der Waals surface area contributed by atoms with Crippen molar-refractivity contribution < 1.29 is 4.74 Å². The third kappa shape index (κ3) is 4.76. The zero-order valence-corrected chi connectivity index (χ0v) is 13.9. The largest absolute Gasteiger partial charge is 0.496 e. The van der Waals surface area contributed by atoms with Crippen molar-refractivity contribution in [3.05, 3.63) is 40.4 Å². The van der Waals surface area contributed by atoms with Crippen LogP contribution in [0.4, 0.5) is 0 Å². The maximum atomic E-state index is 6.20. The topological polar surface area (TPSA) is 21.3 Å². The van der Waals surface area contributed by atoms with Gasteiger partial charge < -0.3 is 10.1 Å². The molecule has 0 heterocycles. The first-order valence-electron chi connectivity index (χ1n) is 7.99. The molecule has 2 rings (SSSR count). The highest BCUT2D eigenvalue weighted by atomic mass is 35.5. The van der Waals surface area contributed by atoms with Crippen LogP contribution in [-0.2, 0) is 0 Å². The summed E-state index contributed by atoms with van der Waals surface area (Å²) in [6.45, 7) is 3.20. The van der Waals surface area contributed by atoms with Crippen LogP contribution < -0.4 is 10.1 Å². The number of nitrogens with one attached hydrogen (secondary N) is 1. The monoisotopic (exact) mass is 307 g/mol. The Morgan fingerprint density at radius 1 is 1.33 bits per heavy atom. The highest BCUT2D eigenvalue weighted by Crippen LogP contribution is 2.34. The molecular weight excluding hydrogens is 282 g/mol. The Bertz CT molecular complexity index is 484. The highest BCUT2D eigenvalue weighted by molar-refractivity contribution is 6.30. The highest BCUT2D eigenvalue weighted by Gasteiger charge is 2.18. The maximum absolute atomic E-state index is 6.20. The minimum Gasteiger partial charge on any atom is -0.496 e. The molecular formula is C18H26ClNO. The number of halogens is 1. The lowest BCUT2D eigenvalue weighted by atomic mass is 9.91. The van der Waals surface area contributed by atoms with E-state index < -0.39 is 0 Å². The van der Waals surface area contributed by atoms with Gasteiger partial charge in [-0.15, -0.1) is 0 Å². The Kier molecular flexibility index (Phi) is 6.59. The van der Waals surface area contributed by atoms with Crippen LogP contribution >= 0.6 is 11.6 Å². The molecule has 2 nitrogen and oxygen atoms in total. The van der Waals surface area contributed by atoms with Crippen LogP contribution in [-0.4, -0.2) is 13.7 Å². The molecule has 21 heavy (non-hydrogen) atoms. The van der Waals surface area contributed by atoms with Crippen LogP contribution in [0.3, 0.4) is 0 Å². The Morgan fingerprint density at radius 2 is 2.19 bits per heavy atom. The molecule has 0 radical (unpaired) electrons. The quantitative estimate of drug-likeness (QED) is 0.692. The van der Waals surface area contributed by atoms with Crippen molar-refractivity contribution in [3.8, 4) is 5.75 Å². The molecule has 0 saturated heterocycles. The fourth-order valence-electron chi connectivity index (χ4n) is 2.94. The summed E-state index contributed by atoms with van der Waals surface area (Å²) in [7, 11) is 1.73. The van der Waals surface area contributed by atoms with E-state index in [1.807, 2.05) is 18.2 Å². The van der Waals surface area contributed by atoms with Crippen LogP contribution in [0.2, 0.25) is 5.02 Å². The van der Waals surface area contributed by atoms with E-state index in [-0.39, 0.29) is 6.04 Å². The summed E-state index contributed by atoms with van der Waals surface area (Å²) in [4.78, 5) is 0. The van der Waals surface area contributed by atoms with E-state index in [0.717, 1.165) is 30.2 Å². The SMILES string of the molecule is CCCNC(CC1=CCCCC1)c1cc(Cl)ccc1OC. The maximum Gasteiger partial charge on any atom is 0.123 e. The third-order valence-electron chi connectivity index (χ3n) is 4.06. The van der Waals surface area contributed by atoms with Gasteiger partial charge in [-0.2, -0.15) is 0 Å². The average Bonchev–Trinajstić information content (AvgIpc) is 2.52. The van der Waals surface area contributed by atoms with Crippen LogP contribution in [0.25, 0.3) is 0 Å². The van der Waals surface area contributed by atoms with E-state index in [1.165, 1.54) is 31.2 Å². The molecule has 3 heteroatoms. The van der Waals surface area contributed by atoms with Crippen molar-refractivity contribution in [1.29, 1.82) is 0 Å². The molecule has 0 saturated carbocycles. The molecule has 1 unspecified atom stereocenters. The fraction of sp³-hybridized carbons (Fsp3) is 0.556. The second-order valence-electron chi connectivity index (χ2n) is 5.71. The number of hydrogen-bond donors (Lipinski definition) is 1. The third-order valence-corrected chi connectivity index (χ3v) is 4.29. The van der Waals surface area contributed by atoms with E-state index >= 15 is 0 Å². The first-order valence-corrected chi connectivity index (χ1v) is 8.37. The zero-order chi connectivity index (χ0) is 15.1. The van der Waals surface area contributed by atoms with Crippen molar-refractivity contribution in [3.63, 3.8) is 0 Å². The molecule has 116 valence electrons. The van der Waals surface area contributed by atoms with Crippen LogP contribution in [0.1, 0.15) is 57.1 Å². The number of methoxy groups -OCH3 is 1. The summed E-state index contributed by atoms with van der Waals surface area (Å²) in [6.07, 6.45) is 9.70. The lowest BCUT2D eigenvalue weighted by molar-refractivity contribution is 0.397. The molecule has 0 fully saturated rings. The van der Waals surface area contributed by atoms with Gasteiger partial charge in [-0.3, -0.25) is 0 Å². The number of allylic oxidation sites excluding steroid dienone is 1. The predicted molar refractivity (Wildman–Crippen MR) is 90.2 cm³/mol. The van der Waals surface area contributed by atoms with Gasteiger partial charge in [0, 0.05) is 16.6 Å². The van der Waals surface area contributed by atoms with Crippen LogP contribution in [0.5, 0.6) is 5.75 Å². The first kappa shape index (κ1) is 16.4. The number of hydrogen-bond acceptors (Lipinski definition) is 2. The lowest BCUT2D eigenvalue weighted by Crippen LogP contribution is -2.23. The molecule has 1 aliphatic rings. The molecule has 1 atom stereocenters. The zero-order valence-electron chi connectivity index (χ0n) is 13.1. The smallest absolute Gasteiger partial charge is 0.123 e. The summed E-state index contributed by atoms with van der Waals surface area (Å²) >= 11 is 6.20. The van der Waals surface area contributed by atoms with Crippen molar-refractivity contribution >= 4 is 11.6 Å². The molecule has 1 aliphatic carbocycles. The Labute approximate surface area is 133 Å². The number of benzene rings is 1. The average molecular weight is 308 g/mol. The van der Waals surface area contributed by atoms with Gasteiger partial charge in [0.1, 0.15) is 5.75 Å². The Morgan fingerprint density at radius 3 is 2.86 bits per heavy atom. The van der Waals surface area contributed by atoms with Gasteiger partial charge in [-0.1, -0.05) is 30.2 Å². The standard InChI is InChI=1S/C18H26ClNO/c1-3-11-20-17(12-14-7-5-4-6-8-14)16-13-15(19)9-10-18(16)21-2/h7,9-10,13,17,20H,3-6,8,11-12H2,1-2H3. The van der Waals surface area contributed by atoms with Crippen LogP contribution in [0, 0.1) is 0 Å². The van der Waals surface area contributed by atoms with Gasteiger partial charge in [0.05, 0.1) is 7.11 Å². The number of ether oxygens (including phenoxy) is 1. The van der Waals surface area contributed by atoms with Gasteiger partial charge in [0.2, 0.25) is 0 Å². The molecule has 0 aliphatic heterocycles.